The summed E-state index contributed by atoms with van der Waals surface area (Å²) in [6.45, 7) is 1.94. The third-order valence-electron chi connectivity index (χ3n) is 1.58. The number of thiazole rings is 2. The molecule has 0 N–H and O–H groups in total. The molecule has 0 aliphatic rings. The number of rotatable bonds is 2. The quantitative estimate of drug-likeness (QED) is 0.715. The van der Waals surface area contributed by atoms with Gasteiger partial charge in [-0.05, 0) is 6.92 Å². The van der Waals surface area contributed by atoms with Gasteiger partial charge in [-0.2, -0.15) is 0 Å². The average molecular weight is 210 g/mol. The van der Waals surface area contributed by atoms with E-state index in [1.807, 2.05) is 6.92 Å². The molecule has 0 fully saturated rings. The number of hydrogen-bond acceptors (Lipinski definition) is 5. The Kier molecular flexibility index (Phi) is 2.20. The van der Waals surface area contributed by atoms with Crippen LogP contribution in [0.4, 0.5) is 0 Å². The van der Waals surface area contributed by atoms with Gasteiger partial charge in [0.2, 0.25) is 0 Å². The van der Waals surface area contributed by atoms with E-state index in [1.165, 1.54) is 11.3 Å². The maximum absolute atomic E-state index is 10.4. The van der Waals surface area contributed by atoms with Gasteiger partial charge in [-0.15, -0.1) is 22.7 Å². The summed E-state index contributed by atoms with van der Waals surface area (Å²) in [4.78, 5) is 20.4. The number of aryl methyl sites for hydroxylation is 1. The van der Waals surface area contributed by atoms with Crippen molar-refractivity contribution in [2.24, 2.45) is 0 Å². The van der Waals surface area contributed by atoms with E-state index in [0.717, 1.165) is 21.9 Å². The first-order valence-electron chi connectivity index (χ1n) is 3.62. The molecule has 0 saturated carbocycles. The maximum atomic E-state index is 10.4. The van der Waals surface area contributed by atoms with E-state index in [2.05, 4.69) is 9.97 Å². The summed E-state index contributed by atoms with van der Waals surface area (Å²) in [5.74, 6) is 0. The molecule has 0 saturated heterocycles. The van der Waals surface area contributed by atoms with Crippen LogP contribution in [0.15, 0.2) is 11.7 Å². The maximum Gasteiger partial charge on any atom is 0.161 e. The molecule has 0 aliphatic heterocycles. The van der Waals surface area contributed by atoms with Crippen molar-refractivity contribution < 1.29 is 4.79 Å². The zero-order valence-corrected chi connectivity index (χ0v) is 8.48. The van der Waals surface area contributed by atoms with Crippen molar-refractivity contribution in [2.45, 2.75) is 6.92 Å². The zero-order chi connectivity index (χ0) is 9.26. The van der Waals surface area contributed by atoms with E-state index in [9.17, 15) is 4.79 Å². The monoisotopic (exact) mass is 210 g/mol. The summed E-state index contributed by atoms with van der Waals surface area (Å²) < 4.78 is 0. The third-order valence-corrected chi connectivity index (χ3v) is 3.58. The summed E-state index contributed by atoms with van der Waals surface area (Å²) >= 11 is 2.94. The van der Waals surface area contributed by atoms with Crippen LogP contribution in [0.5, 0.6) is 0 Å². The van der Waals surface area contributed by atoms with Crippen molar-refractivity contribution in [3.8, 4) is 9.88 Å². The molecule has 2 rings (SSSR count). The third kappa shape index (κ3) is 1.52. The molecular weight excluding hydrogens is 204 g/mol. The number of aromatic nitrogens is 2. The summed E-state index contributed by atoms with van der Waals surface area (Å²) in [6, 6.07) is 0. The average Bonchev–Trinajstić information content (AvgIpc) is 2.71. The second-order valence-corrected chi connectivity index (χ2v) is 4.37. The van der Waals surface area contributed by atoms with Crippen LogP contribution in [0.3, 0.4) is 0 Å². The fourth-order valence-corrected chi connectivity index (χ4v) is 2.64. The van der Waals surface area contributed by atoms with E-state index in [1.54, 1.807) is 23.0 Å². The second kappa shape index (κ2) is 3.35. The molecule has 0 aromatic carbocycles. The first kappa shape index (κ1) is 8.52. The first-order valence-corrected chi connectivity index (χ1v) is 5.32. The van der Waals surface area contributed by atoms with Crippen molar-refractivity contribution >= 4 is 29.0 Å². The highest BCUT2D eigenvalue weighted by atomic mass is 32.1. The lowest BCUT2D eigenvalue weighted by Gasteiger charge is -1.88. The van der Waals surface area contributed by atoms with Crippen molar-refractivity contribution in [3.05, 3.63) is 22.3 Å². The van der Waals surface area contributed by atoms with Crippen LogP contribution >= 0.6 is 22.7 Å². The van der Waals surface area contributed by atoms with Gasteiger partial charge in [0.05, 0.1) is 21.0 Å². The molecule has 0 bridgehead atoms. The van der Waals surface area contributed by atoms with E-state index in [4.69, 9.17) is 0 Å². The van der Waals surface area contributed by atoms with Crippen LogP contribution in [-0.2, 0) is 0 Å². The number of hydrogen-bond donors (Lipinski definition) is 0. The van der Waals surface area contributed by atoms with Crippen LogP contribution in [0.1, 0.15) is 15.4 Å². The van der Waals surface area contributed by atoms with E-state index < -0.39 is 0 Å². The number of carbonyl (C=O) groups is 1. The van der Waals surface area contributed by atoms with Gasteiger partial charge in [0.15, 0.2) is 6.29 Å². The highest BCUT2D eigenvalue weighted by Gasteiger charge is 2.08. The lowest BCUT2D eigenvalue weighted by molar-refractivity contribution is 0.112. The summed E-state index contributed by atoms with van der Waals surface area (Å²) in [6.07, 6.45) is 2.41. The van der Waals surface area contributed by atoms with Gasteiger partial charge in [0, 0.05) is 6.20 Å². The molecular formula is C8H6N2OS2. The molecule has 5 heteroatoms. The van der Waals surface area contributed by atoms with E-state index >= 15 is 0 Å². The Labute approximate surface area is 83.1 Å². The standard InChI is InChI=1S/C8H6N2OS2/c1-5-7(12-4-10-5)8-9-2-6(3-11)13-8/h2-4H,1H3. The van der Waals surface area contributed by atoms with E-state index in [-0.39, 0.29) is 0 Å². The minimum Gasteiger partial charge on any atom is -0.297 e. The molecule has 2 heterocycles. The predicted octanol–water partition coefficient (Wildman–Crippen LogP) is 2.39. The SMILES string of the molecule is Cc1ncsc1-c1ncc(C=O)s1. The largest absolute Gasteiger partial charge is 0.297 e. The molecule has 0 radical (unpaired) electrons. The van der Waals surface area contributed by atoms with Gasteiger partial charge in [0.1, 0.15) is 5.01 Å². The molecule has 0 amide bonds. The Morgan fingerprint density at radius 3 is 2.85 bits per heavy atom. The summed E-state index contributed by atoms with van der Waals surface area (Å²) in [5.41, 5.74) is 2.75. The van der Waals surface area contributed by atoms with Gasteiger partial charge in [0.25, 0.3) is 0 Å². The summed E-state index contributed by atoms with van der Waals surface area (Å²) in [7, 11) is 0. The van der Waals surface area contributed by atoms with Gasteiger partial charge >= 0.3 is 0 Å². The summed E-state index contributed by atoms with van der Waals surface area (Å²) in [5, 5.41) is 0.877. The lowest BCUT2D eigenvalue weighted by atomic mass is 10.4. The highest BCUT2D eigenvalue weighted by molar-refractivity contribution is 7.21. The Hall–Kier alpha value is -1.07. The fourth-order valence-electron chi connectivity index (χ4n) is 0.953. The van der Waals surface area contributed by atoms with Crippen molar-refractivity contribution in [2.75, 3.05) is 0 Å². The molecule has 13 heavy (non-hydrogen) atoms. The number of carbonyl (C=O) groups excluding carboxylic acids is 1. The van der Waals surface area contributed by atoms with Gasteiger partial charge in [-0.25, -0.2) is 9.97 Å². The molecule has 0 spiro atoms. The number of aldehydes is 1. The predicted molar refractivity (Wildman–Crippen MR) is 53.3 cm³/mol. The minimum atomic E-state index is 0.655. The van der Waals surface area contributed by atoms with Crippen LogP contribution in [0, 0.1) is 6.92 Å². The Balaban J connectivity index is 2.46. The minimum absolute atomic E-state index is 0.655. The molecule has 2 aromatic rings. The topological polar surface area (TPSA) is 42.9 Å². The molecule has 0 aliphatic carbocycles. The highest BCUT2D eigenvalue weighted by Crippen LogP contribution is 2.30. The Morgan fingerprint density at radius 1 is 1.46 bits per heavy atom. The fraction of sp³-hybridized carbons (Fsp3) is 0.125. The van der Waals surface area contributed by atoms with Crippen molar-refractivity contribution in [1.29, 1.82) is 0 Å². The molecule has 3 nitrogen and oxygen atoms in total. The molecule has 66 valence electrons. The lowest BCUT2D eigenvalue weighted by Crippen LogP contribution is -1.74. The zero-order valence-electron chi connectivity index (χ0n) is 6.85. The number of nitrogens with zero attached hydrogens (tertiary/aromatic N) is 2. The van der Waals surface area contributed by atoms with Gasteiger partial charge in [-0.1, -0.05) is 0 Å². The van der Waals surface area contributed by atoms with Crippen LogP contribution in [-0.4, -0.2) is 16.3 Å². The van der Waals surface area contributed by atoms with Crippen LogP contribution in [0.25, 0.3) is 9.88 Å². The van der Waals surface area contributed by atoms with Gasteiger partial charge < -0.3 is 0 Å². The smallest absolute Gasteiger partial charge is 0.161 e. The van der Waals surface area contributed by atoms with Crippen molar-refractivity contribution in [1.82, 2.24) is 9.97 Å². The van der Waals surface area contributed by atoms with Crippen molar-refractivity contribution in [3.63, 3.8) is 0 Å². The Bertz CT molecular complexity index is 433. The molecule has 2 aromatic heterocycles. The Morgan fingerprint density at radius 2 is 2.31 bits per heavy atom. The van der Waals surface area contributed by atoms with Crippen LogP contribution in [0.2, 0.25) is 0 Å². The van der Waals surface area contributed by atoms with E-state index in [0.29, 0.717) is 4.88 Å². The molecule has 0 atom stereocenters. The first-order chi connectivity index (χ1) is 6.31. The van der Waals surface area contributed by atoms with Gasteiger partial charge in [-0.3, -0.25) is 4.79 Å². The van der Waals surface area contributed by atoms with Crippen LogP contribution < -0.4 is 0 Å². The normalized spacial score (nSPS) is 10.2. The molecule has 0 unspecified atom stereocenters. The second-order valence-electron chi connectivity index (χ2n) is 2.45.